The first-order valence-corrected chi connectivity index (χ1v) is 8.94. The highest BCUT2D eigenvalue weighted by atomic mass is 31.1. The molecular weight excluding hydrogens is 298 g/mol. The highest BCUT2D eigenvalue weighted by Gasteiger charge is 2.17. The number of hydrogen-bond donors (Lipinski definition) is 0. The first-order chi connectivity index (χ1) is 11.4. The third-order valence-corrected chi connectivity index (χ3v) is 6.08. The average molecular weight is 314 g/mol. The van der Waals surface area contributed by atoms with Crippen molar-refractivity contribution in [3.05, 3.63) is 84.9 Å². The van der Waals surface area contributed by atoms with Gasteiger partial charge in [0.2, 0.25) is 0 Å². The van der Waals surface area contributed by atoms with E-state index in [1.807, 2.05) is 14.1 Å². The standard InChI is InChI=1S/C20H16BOP/c21-22-23(16-9-2-1-3-10-16)20-14-15-8-4-5-11-17(15)18-12-6-7-13-19(18)20/h1-14H,21H2/t23-/m0/s1. The number of benzene rings is 4. The molecule has 110 valence electrons. The molecule has 4 aromatic carbocycles. The molecule has 4 rings (SSSR count). The molecule has 0 saturated heterocycles. The molecule has 1 atom stereocenters. The second-order valence-electron chi connectivity index (χ2n) is 5.47. The van der Waals surface area contributed by atoms with Crippen LogP contribution in [0.5, 0.6) is 0 Å². The van der Waals surface area contributed by atoms with Gasteiger partial charge in [0.1, 0.15) is 0 Å². The smallest absolute Gasteiger partial charge is 0.263 e. The first kappa shape index (κ1) is 14.4. The molecule has 0 aliphatic heterocycles. The van der Waals surface area contributed by atoms with Crippen LogP contribution in [-0.2, 0) is 4.44 Å². The zero-order chi connectivity index (χ0) is 15.6. The van der Waals surface area contributed by atoms with E-state index in [2.05, 4.69) is 78.9 Å². The van der Waals surface area contributed by atoms with Crippen molar-refractivity contribution in [3.8, 4) is 0 Å². The molecule has 0 aromatic heterocycles. The van der Waals surface area contributed by atoms with Gasteiger partial charge in [0.05, 0.1) is 8.15 Å². The molecule has 0 unspecified atom stereocenters. The molecule has 0 aliphatic rings. The topological polar surface area (TPSA) is 9.23 Å². The second kappa shape index (κ2) is 6.16. The largest absolute Gasteiger partial charge is 0.417 e. The maximum absolute atomic E-state index is 5.94. The van der Waals surface area contributed by atoms with Gasteiger partial charge in [0.15, 0.2) is 0 Å². The Morgan fingerprint density at radius 1 is 0.652 bits per heavy atom. The van der Waals surface area contributed by atoms with Gasteiger partial charge < -0.3 is 4.44 Å². The fourth-order valence-corrected chi connectivity index (χ4v) is 4.91. The Morgan fingerprint density at radius 2 is 1.26 bits per heavy atom. The summed E-state index contributed by atoms with van der Waals surface area (Å²) >= 11 is 0. The Labute approximate surface area is 138 Å². The molecule has 0 bridgehead atoms. The van der Waals surface area contributed by atoms with Crippen LogP contribution in [0.2, 0.25) is 0 Å². The number of hydrogen-bond acceptors (Lipinski definition) is 1. The molecule has 23 heavy (non-hydrogen) atoms. The van der Waals surface area contributed by atoms with E-state index in [1.54, 1.807) is 0 Å². The van der Waals surface area contributed by atoms with Gasteiger partial charge in [-0.25, -0.2) is 0 Å². The van der Waals surface area contributed by atoms with Crippen molar-refractivity contribution in [1.29, 1.82) is 0 Å². The van der Waals surface area contributed by atoms with Crippen LogP contribution in [0.1, 0.15) is 0 Å². The van der Waals surface area contributed by atoms with Crippen molar-refractivity contribution in [2.75, 3.05) is 0 Å². The van der Waals surface area contributed by atoms with E-state index in [4.69, 9.17) is 4.44 Å². The summed E-state index contributed by atoms with van der Waals surface area (Å²) in [5.74, 6) is 0. The Bertz CT molecular complexity index is 969. The van der Waals surface area contributed by atoms with E-state index in [0.29, 0.717) is 0 Å². The molecule has 0 radical (unpaired) electrons. The molecule has 0 aliphatic carbocycles. The Morgan fingerprint density at radius 3 is 2.00 bits per heavy atom. The molecule has 0 heterocycles. The summed E-state index contributed by atoms with van der Waals surface area (Å²) in [5.41, 5.74) is 0. The molecule has 3 heteroatoms. The van der Waals surface area contributed by atoms with Gasteiger partial charge in [-0.2, -0.15) is 0 Å². The van der Waals surface area contributed by atoms with Gasteiger partial charge >= 0.3 is 0 Å². The van der Waals surface area contributed by atoms with E-state index in [-0.39, 0.29) is 0 Å². The van der Waals surface area contributed by atoms with Gasteiger partial charge in [-0.1, -0.05) is 78.9 Å². The SMILES string of the molecule is BO[P@@](c1ccccc1)c1cc2ccccc2c2ccccc12. The van der Waals surface area contributed by atoms with E-state index in [0.717, 1.165) is 0 Å². The summed E-state index contributed by atoms with van der Waals surface area (Å²) in [7, 11) is 0.987. The van der Waals surface area contributed by atoms with Gasteiger partial charge in [-0.3, -0.25) is 0 Å². The molecule has 0 amide bonds. The maximum atomic E-state index is 5.94. The van der Waals surface area contributed by atoms with E-state index < -0.39 is 8.15 Å². The maximum Gasteiger partial charge on any atom is 0.263 e. The summed E-state index contributed by atoms with van der Waals surface area (Å²) in [6.07, 6.45) is 0. The van der Waals surface area contributed by atoms with Crippen LogP contribution in [0.3, 0.4) is 0 Å². The third-order valence-electron chi connectivity index (χ3n) is 4.14. The second-order valence-corrected chi connectivity index (χ2v) is 7.43. The molecule has 0 spiro atoms. The lowest BCUT2D eigenvalue weighted by Crippen LogP contribution is -2.14. The summed E-state index contributed by atoms with van der Waals surface area (Å²) in [6.45, 7) is 0. The minimum atomic E-state index is -0.822. The van der Waals surface area contributed by atoms with E-state index in [9.17, 15) is 0 Å². The lowest BCUT2D eigenvalue weighted by Gasteiger charge is -2.20. The van der Waals surface area contributed by atoms with Crippen LogP contribution < -0.4 is 10.6 Å². The number of fused-ring (bicyclic) bond motifs is 3. The van der Waals surface area contributed by atoms with E-state index in [1.165, 1.54) is 32.2 Å². The minimum absolute atomic E-state index is 0.822. The van der Waals surface area contributed by atoms with Gasteiger partial charge in [-0.15, -0.1) is 0 Å². The van der Waals surface area contributed by atoms with Crippen molar-refractivity contribution in [1.82, 2.24) is 0 Å². The fourth-order valence-electron chi connectivity index (χ4n) is 3.11. The van der Waals surface area contributed by atoms with Crippen molar-refractivity contribution < 1.29 is 4.44 Å². The third kappa shape index (κ3) is 2.55. The molecule has 0 N–H and O–H groups in total. The summed E-state index contributed by atoms with van der Waals surface area (Å²) in [5, 5.41) is 7.66. The quantitative estimate of drug-likeness (QED) is 0.316. The zero-order valence-corrected chi connectivity index (χ0v) is 13.8. The van der Waals surface area contributed by atoms with Crippen LogP contribution in [0.25, 0.3) is 21.5 Å². The highest BCUT2D eigenvalue weighted by Crippen LogP contribution is 2.38. The lowest BCUT2D eigenvalue weighted by atomic mass is 10.0. The summed E-state index contributed by atoms with van der Waals surface area (Å²) in [6, 6.07) is 30.0. The van der Waals surface area contributed by atoms with Crippen molar-refractivity contribution in [2.45, 2.75) is 0 Å². The van der Waals surface area contributed by atoms with Gasteiger partial charge in [-0.05, 0) is 27.6 Å². The molecule has 1 nitrogen and oxygen atoms in total. The van der Waals surface area contributed by atoms with Crippen molar-refractivity contribution in [3.63, 3.8) is 0 Å². The Hall–Kier alpha value is -2.15. The van der Waals surface area contributed by atoms with Crippen LogP contribution >= 0.6 is 8.15 Å². The van der Waals surface area contributed by atoms with Crippen LogP contribution in [-0.4, -0.2) is 8.05 Å². The van der Waals surface area contributed by atoms with Gasteiger partial charge in [0, 0.05) is 10.6 Å². The predicted octanol–water partition coefficient (Wildman–Crippen LogP) is 3.91. The normalized spacial score (nSPS) is 12.5. The predicted molar refractivity (Wildman–Crippen MR) is 104 cm³/mol. The lowest BCUT2D eigenvalue weighted by molar-refractivity contribution is 0.705. The Kier molecular flexibility index (Phi) is 3.87. The molecule has 4 aromatic rings. The van der Waals surface area contributed by atoms with Crippen LogP contribution in [0.4, 0.5) is 0 Å². The molecule has 0 fully saturated rings. The monoisotopic (exact) mass is 314 g/mol. The summed E-state index contributed by atoms with van der Waals surface area (Å²) < 4.78 is 5.94. The first-order valence-electron chi connectivity index (χ1n) is 7.68. The van der Waals surface area contributed by atoms with Crippen LogP contribution in [0.15, 0.2) is 84.9 Å². The molecular formula is C20H16BOP. The van der Waals surface area contributed by atoms with E-state index >= 15 is 0 Å². The van der Waals surface area contributed by atoms with Gasteiger partial charge in [0.25, 0.3) is 8.05 Å². The fraction of sp³-hybridized carbons (Fsp3) is 0. The highest BCUT2D eigenvalue weighted by molar-refractivity contribution is 7.69. The Balaban J connectivity index is 2.05. The summed E-state index contributed by atoms with van der Waals surface area (Å²) in [4.78, 5) is 0. The number of rotatable bonds is 3. The van der Waals surface area contributed by atoms with Crippen molar-refractivity contribution in [2.24, 2.45) is 0 Å². The van der Waals surface area contributed by atoms with Crippen LogP contribution in [0, 0.1) is 0 Å². The zero-order valence-electron chi connectivity index (χ0n) is 12.9. The van der Waals surface area contributed by atoms with Crippen molar-refractivity contribution >= 4 is 48.4 Å². The molecule has 0 saturated carbocycles. The minimum Gasteiger partial charge on any atom is -0.417 e. The average Bonchev–Trinajstić information content (AvgIpc) is 2.63.